The second-order valence-electron chi connectivity index (χ2n) is 3.91. The normalized spacial score (nSPS) is 10.8. The summed E-state index contributed by atoms with van der Waals surface area (Å²) in [4.78, 5) is 8.86. The number of rotatable bonds is 2. The van der Waals surface area contributed by atoms with Gasteiger partial charge in [0.2, 0.25) is 0 Å². The van der Waals surface area contributed by atoms with E-state index in [1.807, 2.05) is 30.3 Å². The molecule has 90 valence electrons. The average molecular weight is 240 g/mol. The number of ether oxygens (including phenoxy) is 2. The molecule has 4 nitrogen and oxygen atoms in total. The fourth-order valence-corrected chi connectivity index (χ4v) is 2.03. The van der Waals surface area contributed by atoms with Gasteiger partial charge in [0.15, 0.2) is 5.75 Å². The number of fused-ring (bicyclic) bond motifs is 3. The summed E-state index contributed by atoms with van der Waals surface area (Å²) in [6.45, 7) is 0. The van der Waals surface area contributed by atoms with Gasteiger partial charge >= 0.3 is 0 Å². The summed E-state index contributed by atoms with van der Waals surface area (Å²) in [7, 11) is 3.18. The minimum atomic E-state index is 0.475. The van der Waals surface area contributed by atoms with Gasteiger partial charge in [0.25, 0.3) is 5.88 Å². The minimum Gasteiger partial charge on any atom is -0.491 e. The molecule has 0 aliphatic heterocycles. The monoisotopic (exact) mass is 240 g/mol. The lowest BCUT2D eigenvalue weighted by Gasteiger charge is -2.09. The SMILES string of the molecule is COc1cc2ccc3cccnc3c2nc1OC. The molecule has 0 saturated heterocycles. The van der Waals surface area contributed by atoms with Crippen LogP contribution in [0.25, 0.3) is 21.8 Å². The van der Waals surface area contributed by atoms with Crippen molar-refractivity contribution >= 4 is 21.8 Å². The highest BCUT2D eigenvalue weighted by Gasteiger charge is 2.10. The Hall–Kier alpha value is -2.36. The molecule has 0 spiro atoms. The van der Waals surface area contributed by atoms with Gasteiger partial charge in [-0.2, -0.15) is 0 Å². The molecule has 0 fully saturated rings. The van der Waals surface area contributed by atoms with Crippen LogP contribution in [0.3, 0.4) is 0 Å². The van der Waals surface area contributed by atoms with Crippen LogP contribution in [0.1, 0.15) is 0 Å². The molecule has 18 heavy (non-hydrogen) atoms. The first-order chi connectivity index (χ1) is 8.83. The molecule has 3 rings (SSSR count). The number of methoxy groups -OCH3 is 2. The van der Waals surface area contributed by atoms with Crippen molar-refractivity contribution in [3.8, 4) is 11.6 Å². The first-order valence-corrected chi connectivity index (χ1v) is 5.60. The van der Waals surface area contributed by atoms with Crippen LogP contribution in [0.15, 0.2) is 36.5 Å². The lowest BCUT2D eigenvalue weighted by molar-refractivity contribution is 0.345. The fraction of sp³-hybridized carbons (Fsp3) is 0.143. The average Bonchev–Trinajstić information content (AvgIpc) is 2.45. The van der Waals surface area contributed by atoms with Gasteiger partial charge in [-0.3, -0.25) is 4.98 Å². The Labute approximate surface area is 104 Å². The Morgan fingerprint density at radius 3 is 2.56 bits per heavy atom. The summed E-state index contributed by atoms with van der Waals surface area (Å²) in [6.07, 6.45) is 1.76. The van der Waals surface area contributed by atoms with Gasteiger partial charge in [-0.05, 0) is 12.1 Å². The Morgan fingerprint density at radius 2 is 1.78 bits per heavy atom. The van der Waals surface area contributed by atoms with Gasteiger partial charge in [0.1, 0.15) is 5.52 Å². The van der Waals surface area contributed by atoms with Crippen LogP contribution in [0.4, 0.5) is 0 Å². The van der Waals surface area contributed by atoms with E-state index in [2.05, 4.69) is 9.97 Å². The molecule has 0 saturated carbocycles. The lowest BCUT2D eigenvalue weighted by Crippen LogP contribution is -1.95. The number of pyridine rings is 2. The summed E-state index contributed by atoms with van der Waals surface area (Å²) in [5.41, 5.74) is 1.70. The van der Waals surface area contributed by atoms with E-state index in [9.17, 15) is 0 Å². The molecule has 2 heterocycles. The highest BCUT2D eigenvalue weighted by molar-refractivity contribution is 6.03. The number of aromatic nitrogens is 2. The molecule has 0 aliphatic carbocycles. The smallest absolute Gasteiger partial charge is 0.257 e. The highest BCUT2D eigenvalue weighted by atomic mass is 16.5. The molecule has 0 bridgehead atoms. The van der Waals surface area contributed by atoms with Crippen molar-refractivity contribution in [3.63, 3.8) is 0 Å². The molecule has 1 aromatic carbocycles. The number of hydrogen-bond donors (Lipinski definition) is 0. The maximum atomic E-state index is 5.25. The quantitative estimate of drug-likeness (QED) is 0.646. The highest BCUT2D eigenvalue weighted by Crippen LogP contribution is 2.31. The van der Waals surface area contributed by atoms with Crippen LogP contribution in [-0.4, -0.2) is 24.2 Å². The maximum Gasteiger partial charge on any atom is 0.257 e. The standard InChI is InChI=1S/C14H12N2O2/c1-17-11-8-10-6-5-9-4-3-7-15-12(9)13(10)16-14(11)18-2/h3-8H,1-2H3. The third-order valence-electron chi connectivity index (χ3n) is 2.90. The van der Waals surface area contributed by atoms with Crippen molar-refractivity contribution in [1.29, 1.82) is 0 Å². The molecule has 2 aromatic heterocycles. The van der Waals surface area contributed by atoms with Crippen molar-refractivity contribution in [2.75, 3.05) is 14.2 Å². The summed E-state index contributed by atoms with van der Waals surface area (Å²) in [5.74, 6) is 1.10. The summed E-state index contributed by atoms with van der Waals surface area (Å²) in [5, 5.41) is 2.04. The van der Waals surface area contributed by atoms with Crippen LogP contribution >= 0.6 is 0 Å². The zero-order valence-electron chi connectivity index (χ0n) is 10.2. The molecule has 3 aromatic rings. The number of benzene rings is 1. The third kappa shape index (κ3) is 1.54. The zero-order chi connectivity index (χ0) is 12.5. The molecule has 4 heteroatoms. The molecule has 0 atom stereocenters. The van der Waals surface area contributed by atoms with Gasteiger partial charge in [0.05, 0.1) is 19.7 Å². The summed E-state index contributed by atoms with van der Waals surface area (Å²) < 4.78 is 10.5. The Balaban J connectivity index is 2.43. The van der Waals surface area contributed by atoms with E-state index < -0.39 is 0 Å². The molecule has 0 radical (unpaired) electrons. The molecule has 0 unspecified atom stereocenters. The third-order valence-corrected chi connectivity index (χ3v) is 2.90. The van der Waals surface area contributed by atoms with E-state index in [1.54, 1.807) is 20.4 Å². The number of nitrogens with zero attached hydrogens (tertiary/aromatic N) is 2. The van der Waals surface area contributed by atoms with Crippen molar-refractivity contribution in [2.45, 2.75) is 0 Å². The zero-order valence-corrected chi connectivity index (χ0v) is 10.2. The van der Waals surface area contributed by atoms with Crippen LogP contribution < -0.4 is 9.47 Å². The van der Waals surface area contributed by atoms with Crippen LogP contribution in [-0.2, 0) is 0 Å². The van der Waals surface area contributed by atoms with E-state index in [4.69, 9.17) is 9.47 Å². The molecule has 0 N–H and O–H groups in total. The predicted molar refractivity (Wildman–Crippen MR) is 70.1 cm³/mol. The van der Waals surface area contributed by atoms with Gasteiger partial charge in [0, 0.05) is 17.0 Å². The fourth-order valence-electron chi connectivity index (χ4n) is 2.03. The van der Waals surface area contributed by atoms with E-state index in [0.29, 0.717) is 11.6 Å². The molecule has 0 amide bonds. The van der Waals surface area contributed by atoms with Gasteiger partial charge in [-0.15, -0.1) is 0 Å². The van der Waals surface area contributed by atoms with Crippen molar-refractivity contribution < 1.29 is 9.47 Å². The first kappa shape index (κ1) is 10.8. The lowest BCUT2D eigenvalue weighted by atomic mass is 10.1. The molecular weight excluding hydrogens is 228 g/mol. The van der Waals surface area contributed by atoms with E-state index in [0.717, 1.165) is 21.8 Å². The topological polar surface area (TPSA) is 44.2 Å². The van der Waals surface area contributed by atoms with E-state index >= 15 is 0 Å². The van der Waals surface area contributed by atoms with Gasteiger partial charge in [-0.1, -0.05) is 18.2 Å². The van der Waals surface area contributed by atoms with Gasteiger partial charge in [-0.25, -0.2) is 4.98 Å². The van der Waals surface area contributed by atoms with Crippen molar-refractivity contribution in [3.05, 3.63) is 36.5 Å². The summed E-state index contributed by atoms with van der Waals surface area (Å²) >= 11 is 0. The summed E-state index contributed by atoms with van der Waals surface area (Å²) in [6, 6.07) is 9.87. The largest absolute Gasteiger partial charge is 0.491 e. The second kappa shape index (κ2) is 4.14. The van der Waals surface area contributed by atoms with E-state index in [1.165, 1.54) is 0 Å². The first-order valence-electron chi connectivity index (χ1n) is 5.60. The maximum absolute atomic E-state index is 5.25. The molecule has 0 aliphatic rings. The van der Waals surface area contributed by atoms with Crippen molar-refractivity contribution in [2.24, 2.45) is 0 Å². The Morgan fingerprint density at radius 1 is 0.944 bits per heavy atom. The Kier molecular flexibility index (Phi) is 2.48. The molecular formula is C14H12N2O2. The number of hydrogen-bond acceptors (Lipinski definition) is 4. The van der Waals surface area contributed by atoms with Crippen molar-refractivity contribution in [1.82, 2.24) is 9.97 Å². The minimum absolute atomic E-state index is 0.475. The van der Waals surface area contributed by atoms with Crippen LogP contribution in [0.5, 0.6) is 11.6 Å². The van der Waals surface area contributed by atoms with Crippen LogP contribution in [0, 0.1) is 0 Å². The second-order valence-corrected chi connectivity index (χ2v) is 3.91. The van der Waals surface area contributed by atoms with Crippen LogP contribution in [0.2, 0.25) is 0 Å². The van der Waals surface area contributed by atoms with Gasteiger partial charge < -0.3 is 9.47 Å². The Bertz CT molecular complexity index is 725. The van der Waals surface area contributed by atoms with E-state index in [-0.39, 0.29) is 0 Å². The predicted octanol–water partition coefficient (Wildman–Crippen LogP) is 2.80.